The fourth-order valence-corrected chi connectivity index (χ4v) is 1.94. The summed E-state index contributed by atoms with van der Waals surface area (Å²) in [5.41, 5.74) is 0.621. The first kappa shape index (κ1) is 15.6. The molecule has 7 heteroatoms. The number of hydrogen-bond donors (Lipinski definition) is 2. The van der Waals surface area contributed by atoms with E-state index in [1.54, 1.807) is 19.1 Å². The smallest absolute Gasteiger partial charge is 0.382 e. The summed E-state index contributed by atoms with van der Waals surface area (Å²) in [5.74, 6) is 0. The van der Waals surface area contributed by atoms with E-state index in [0.29, 0.717) is 15.6 Å². The third-order valence-electron chi connectivity index (χ3n) is 2.42. The number of halogens is 5. The van der Waals surface area contributed by atoms with Gasteiger partial charge in [0, 0.05) is 22.6 Å². The second-order valence-corrected chi connectivity index (χ2v) is 4.70. The highest BCUT2D eigenvalue weighted by atomic mass is 35.5. The topological polar surface area (TPSA) is 32.3 Å². The molecule has 0 bridgehead atoms. The van der Waals surface area contributed by atoms with Crippen molar-refractivity contribution < 1.29 is 18.3 Å². The molecule has 102 valence electrons. The fourth-order valence-electron chi connectivity index (χ4n) is 1.37. The maximum absolute atomic E-state index is 12.1. The summed E-state index contributed by atoms with van der Waals surface area (Å²) in [5, 5.41) is 12.2. The largest absolute Gasteiger partial charge is 0.415 e. The van der Waals surface area contributed by atoms with E-state index in [1.807, 2.05) is 0 Å². The van der Waals surface area contributed by atoms with Gasteiger partial charge in [0.1, 0.15) is 0 Å². The van der Waals surface area contributed by atoms with Crippen molar-refractivity contribution in [2.45, 2.75) is 25.2 Å². The third-order valence-corrected chi connectivity index (χ3v) is 2.99. The molecule has 2 nitrogen and oxygen atoms in total. The van der Waals surface area contributed by atoms with Gasteiger partial charge in [-0.25, -0.2) is 0 Å². The lowest BCUT2D eigenvalue weighted by Gasteiger charge is -2.20. The highest BCUT2D eigenvalue weighted by Gasteiger charge is 2.37. The molecule has 1 aromatic rings. The molecule has 2 N–H and O–H groups in total. The average molecular weight is 302 g/mol. The number of benzene rings is 1. The number of rotatable bonds is 4. The molecule has 0 saturated heterocycles. The van der Waals surface area contributed by atoms with Gasteiger partial charge in [-0.05, 0) is 24.6 Å². The van der Waals surface area contributed by atoms with Crippen LogP contribution in [0.15, 0.2) is 18.2 Å². The molecule has 1 aromatic carbocycles. The Kier molecular flexibility index (Phi) is 5.28. The normalized spacial score (nSPS) is 15.5. The van der Waals surface area contributed by atoms with E-state index < -0.39 is 24.9 Å². The van der Waals surface area contributed by atoms with Crippen LogP contribution in [0, 0.1) is 0 Å². The predicted molar refractivity (Wildman–Crippen MR) is 64.9 cm³/mol. The third kappa shape index (κ3) is 4.31. The molecule has 2 unspecified atom stereocenters. The van der Waals surface area contributed by atoms with Crippen LogP contribution in [0.4, 0.5) is 13.2 Å². The molecular formula is C11H12Cl2F3NO. The lowest BCUT2D eigenvalue weighted by molar-refractivity contribution is -0.202. The van der Waals surface area contributed by atoms with E-state index >= 15 is 0 Å². The van der Waals surface area contributed by atoms with Gasteiger partial charge in [0.2, 0.25) is 0 Å². The zero-order valence-corrected chi connectivity index (χ0v) is 10.9. The Balaban J connectivity index is 2.63. The zero-order valence-electron chi connectivity index (χ0n) is 9.43. The number of aliphatic hydroxyl groups is 1. The first-order chi connectivity index (χ1) is 8.21. The van der Waals surface area contributed by atoms with Gasteiger partial charge in [-0.1, -0.05) is 29.3 Å². The Labute approximate surface area is 113 Å². The van der Waals surface area contributed by atoms with E-state index in [4.69, 9.17) is 28.3 Å². The molecule has 0 spiro atoms. The Hall–Kier alpha value is -0.490. The molecule has 0 fully saturated rings. The lowest BCUT2D eigenvalue weighted by Crippen LogP contribution is -2.39. The molecule has 0 aliphatic heterocycles. The summed E-state index contributed by atoms with van der Waals surface area (Å²) < 4.78 is 36.3. The van der Waals surface area contributed by atoms with Crippen molar-refractivity contribution in [3.63, 3.8) is 0 Å². The molecule has 2 atom stereocenters. The van der Waals surface area contributed by atoms with Gasteiger partial charge in [-0.15, -0.1) is 0 Å². The van der Waals surface area contributed by atoms with E-state index in [0.717, 1.165) is 0 Å². The summed E-state index contributed by atoms with van der Waals surface area (Å²) in [7, 11) is 0. The van der Waals surface area contributed by atoms with Gasteiger partial charge < -0.3 is 10.4 Å². The Morgan fingerprint density at radius 2 is 1.94 bits per heavy atom. The SMILES string of the molecule is CC(NCC(O)C(F)(F)F)c1ccc(Cl)cc1Cl. The first-order valence-electron chi connectivity index (χ1n) is 5.15. The molecule has 18 heavy (non-hydrogen) atoms. The fraction of sp³-hybridized carbons (Fsp3) is 0.455. The van der Waals surface area contributed by atoms with E-state index in [1.165, 1.54) is 6.07 Å². The van der Waals surface area contributed by atoms with Crippen LogP contribution in [-0.2, 0) is 0 Å². The van der Waals surface area contributed by atoms with Crippen LogP contribution in [0.5, 0.6) is 0 Å². The van der Waals surface area contributed by atoms with Gasteiger partial charge in [0.05, 0.1) is 0 Å². The van der Waals surface area contributed by atoms with Crippen LogP contribution in [-0.4, -0.2) is 23.9 Å². The van der Waals surface area contributed by atoms with Crippen molar-refractivity contribution in [1.82, 2.24) is 5.32 Å². The average Bonchev–Trinajstić information content (AvgIpc) is 2.24. The van der Waals surface area contributed by atoms with Crippen molar-refractivity contribution in [2.24, 2.45) is 0 Å². The van der Waals surface area contributed by atoms with Gasteiger partial charge in [0.15, 0.2) is 6.10 Å². The number of nitrogens with one attached hydrogen (secondary N) is 1. The van der Waals surface area contributed by atoms with Crippen LogP contribution in [0.3, 0.4) is 0 Å². The van der Waals surface area contributed by atoms with Crippen molar-refractivity contribution in [1.29, 1.82) is 0 Å². The highest BCUT2D eigenvalue weighted by Crippen LogP contribution is 2.26. The lowest BCUT2D eigenvalue weighted by atomic mass is 10.1. The number of alkyl halides is 3. The minimum Gasteiger partial charge on any atom is -0.382 e. The molecule has 0 heterocycles. The highest BCUT2D eigenvalue weighted by molar-refractivity contribution is 6.35. The van der Waals surface area contributed by atoms with Crippen LogP contribution in [0.25, 0.3) is 0 Å². The van der Waals surface area contributed by atoms with Crippen LogP contribution >= 0.6 is 23.2 Å². The minimum absolute atomic E-state index is 0.365. The molecule has 0 saturated carbocycles. The zero-order chi connectivity index (χ0) is 13.9. The molecule has 0 aromatic heterocycles. The monoisotopic (exact) mass is 301 g/mol. The minimum atomic E-state index is -4.63. The van der Waals surface area contributed by atoms with Crippen molar-refractivity contribution in [3.8, 4) is 0 Å². The van der Waals surface area contributed by atoms with E-state index in [2.05, 4.69) is 5.32 Å². The van der Waals surface area contributed by atoms with Crippen LogP contribution < -0.4 is 5.32 Å². The molecule has 0 aliphatic rings. The van der Waals surface area contributed by atoms with Gasteiger partial charge >= 0.3 is 6.18 Å². The quantitative estimate of drug-likeness (QED) is 0.891. The molecule has 0 aliphatic carbocycles. The van der Waals surface area contributed by atoms with Crippen LogP contribution in [0.1, 0.15) is 18.5 Å². The summed E-state index contributed by atoms with van der Waals surface area (Å²) in [6.07, 6.45) is -7.03. The molecule has 0 radical (unpaired) electrons. The summed E-state index contributed by atoms with van der Waals surface area (Å²) in [6.45, 7) is 1.06. The molecule has 1 rings (SSSR count). The summed E-state index contributed by atoms with van der Waals surface area (Å²) in [6, 6.07) is 4.31. The maximum atomic E-state index is 12.1. The maximum Gasteiger partial charge on any atom is 0.415 e. The predicted octanol–water partition coefficient (Wildman–Crippen LogP) is 3.57. The molecular weight excluding hydrogens is 290 g/mol. The van der Waals surface area contributed by atoms with Crippen molar-refractivity contribution >= 4 is 23.2 Å². The Morgan fingerprint density at radius 3 is 2.44 bits per heavy atom. The van der Waals surface area contributed by atoms with Gasteiger partial charge in [0.25, 0.3) is 0 Å². The van der Waals surface area contributed by atoms with Crippen molar-refractivity contribution in [2.75, 3.05) is 6.54 Å². The van der Waals surface area contributed by atoms with Gasteiger partial charge in [-0.3, -0.25) is 0 Å². The van der Waals surface area contributed by atoms with Crippen LogP contribution in [0.2, 0.25) is 10.0 Å². The standard InChI is InChI=1S/C11H12Cl2F3NO/c1-6(17-5-10(18)11(14,15)16)8-3-2-7(12)4-9(8)13/h2-4,6,10,17-18H,5H2,1H3. The summed E-state index contributed by atoms with van der Waals surface area (Å²) >= 11 is 11.6. The summed E-state index contributed by atoms with van der Waals surface area (Å²) in [4.78, 5) is 0. The second-order valence-electron chi connectivity index (χ2n) is 3.85. The Bertz CT molecular complexity index is 412. The Morgan fingerprint density at radius 1 is 1.33 bits per heavy atom. The van der Waals surface area contributed by atoms with Crippen molar-refractivity contribution in [3.05, 3.63) is 33.8 Å². The number of aliphatic hydroxyl groups excluding tert-OH is 1. The van der Waals surface area contributed by atoms with E-state index in [9.17, 15) is 13.2 Å². The van der Waals surface area contributed by atoms with E-state index in [-0.39, 0.29) is 0 Å². The molecule has 0 amide bonds. The second kappa shape index (κ2) is 6.10. The number of hydrogen-bond acceptors (Lipinski definition) is 2. The first-order valence-corrected chi connectivity index (χ1v) is 5.90. The van der Waals surface area contributed by atoms with Gasteiger partial charge in [-0.2, -0.15) is 13.2 Å².